The number of ether oxygens (including phenoxy) is 1. The molecule has 0 aliphatic rings. The van der Waals surface area contributed by atoms with Crippen LogP contribution in [0, 0.1) is 0 Å². The van der Waals surface area contributed by atoms with Gasteiger partial charge in [0.1, 0.15) is 5.75 Å². The summed E-state index contributed by atoms with van der Waals surface area (Å²) in [7, 11) is 0. The molecule has 0 aliphatic carbocycles. The summed E-state index contributed by atoms with van der Waals surface area (Å²) >= 11 is 0. The molecule has 0 fully saturated rings. The highest BCUT2D eigenvalue weighted by Crippen LogP contribution is 2.28. The monoisotopic (exact) mass is 266 g/mol. The van der Waals surface area contributed by atoms with Gasteiger partial charge in [-0.25, -0.2) is 9.78 Å². The molecule has 0 radical (unpaired) electrons. The molecule has 0 aliphatic heterocycles. The Balaban J connectivity index is 2.15. The van der Waals surface area contributed by atoms with Crippen LogP contribution in [-0.4, -0.2) is 21.0 Å². The third-order valence-electron chi connectivity index (χ3n) is 2.77. The molecule has 0 saturated carbocycles. The van der Waals surface area contributed by atoms with Gasteiger partial charge in [0, 0.05) is 11.6 Å². The van der Waals surface area contributed by atoms with E-state index in [1.165, 1.54) is 6.07 Å². The minimum atomic E-state index is -1.09. The standard InChI is InChI=1S/C15H10N2O3/c18-15(19)13-8-10-4-1-2-6-12(10)14(17-13)20-11-5-3-7-16-9-11/h1-9H,(H,18,19). The highest BCUT2D eigenvalue weighted by atomic mass is 16.5. The number of benzene rings is 1. The van der Waals surface area contributed by atoms with E-state index in [0.717, 1.165) is 10.8 Å². The van der Waals surface area contributed by atoms with Crippen LogP contribution in [-0.2, 0) is 0 Å². The van der Waals surface area contributed by atoms with Crippen molar-refractivity contribution in [3.63, 3.8) is 0 Å². The van der Waals surface area contributed by atoms with E-state index in [-0.39, 0.29) is 11.6 Å². The quantitative estimate of drug-likeness (QED) is 0.788. The van der Waals surface area contributed by atoms with Crippen molar-refractivity contribution in [3.8, 4) is 11.6 Å². The number of nitrogens with zero attached hydrogens (tertiary/aromatic N) is 2. The lowest BCUT2D eigenvalue weighted by molar-refractivity contribution is 0.0690. The summed E-state index contributed by atoms with van der Waals surface area (Å²) in [6, 6.07) is 12.3. The summed E-state index contributed by atoms with van der Waals surface area (Å²) in [6.07, 6.45) is 3.18. The lowest BCUT2D eigenvalue weighted by Gasteiger charge is -2.08. The van der Waals surface area contributed by atoms with Crippen molar-refractivity contribution in [3.05, 3.63) is 60.6 Å². The Kier molecular flexibility index (Phi) is 3.01. The van der Waals surface area contributed by atoms with Gasteiger partial charge in [0.15, 0.2) is 5.69 Å². The number of aromatic carboxylic acids is 1. The first-order chi connectivity index (χ1) is 9.74. The highest BCUT2D eigenvalue weighted by Gasteiger charge is 2.12. The molecule has 5 nitrogen and oxygen atoms in total. The predicted molar refractivity (Wildman–Crippen MR) is 73.0 cm³/mol. The fourth-order valence-corrected chi connectivity index (χ4v) is 1.87. The molecular formula is C15H10N2O3. The molecule has 20 heavy (non-hydrogen) atoms. The Morgan fingerprint density at radius 1 is 1.15 bits per heavy atom. The number of carboxylic acids is 1. The van der Waals surface area contributed by atoms with Crippen LogP contribution in [0.15, 0.2) is 54.9 Å². The van der Waals surface area contributed by atoms with Gasteiger partial charge in [-0.15, -0.1) is 0 Å². The Morgan fingerprint density at radius 3 is 2.75 bits per heavy atom. The van der Waals surface area contributed by atoms with E-state index in [9.17, 15) is 4.79 Å². The summed E-state index contributed by atoms with van der Waals surface area (Å²) in [5.41, 5.74) is -0.0532. The molecule has 0 saturated heterocycles. The first-order valence-corrected chi connectivity index (χ1v) is 5.95. The van der Waals surface area contributed by atoms with Gasteiger partial charge in [-0.3, -0.25) is 4.98 Å². The van der Waals surface area contributed by atoms with E-state index >= 15 is 0 Å². The summed E-state index contributed by atoms with van der Waals surface area (Å²) in [6.45, 7) is 0. The fourth-order valence-electron chi connectivity index (χ4n) is 1.87. The van der Waals surface area contributed by atoms with Gasteiger partial charge in [-0.05, 0) is 29.7 Å². The van der Waals surface area contributed by atoms with Crippen LogP contribution in [0.25, 0.3) is 10.8 Å². The SMILES string of the molecule is O=C(O)c1cc2ccccc2c(Oc2cccnc2)n1. The minimum Gasteiger partial charge on any atom is -0.477 e. The van der Waals surface area contributed by atoms with Crippen molar-refractivity contribution in [2.75, 3.05) is 0 Å². The minimum absolute atomic E-state index is 0.0532. The van der Waals surface area contributed by atoms with Crippen molar-refractivity contribution < 1.29 is 14.6 Å². The van der Waals surface area contributed by atoms with Crippen molar-refractivity contribution in [1.82, 2.24) is 9.97 Å². The van der Waals surface area contributed by atoms with Crippen LogP contribution >= 0.6 is 0 Å². The third kappa shape index (κ3) is 2.29. The lowest BCUT2D eigenvalue weighted by Crippen LogP contribution is -2.02. The van der Waals surface area contributed by atoms with E-state index in [1.807, 2.05) is 24.3 Å². The molecule has 3 aromatic rings. The molecule has 0 unspecified atom stereocenters. The van der Waals surface area contributed by atoms with Gasteiger partial charge < -0.3 is 9.84 Å². The molecule has 1 N–H and O–H groups in total. The molecule has 0 bridgehead atoms. The van der Waals surface area contributed by atoms with E-state index in [1.54, 1.807) is 24.5 Å². The Hall–Kier alpha value is -2.95. The summed E-state index contributed by atoms with van der Waals surface area (Å²) < 4.78 is 5.65. The number of carboxylic acid groups (broad SMARTS) is 1. The Labute approximate surface area is 114 Å². The zero-order valence-corrected chi connectivity index (χ0v) is 10.4. The number of fused-ring (bicyclic) bond motifs is 1. The van der Waals surface area contributed by atoms with Crippen LogP contribution in [0.4, 0.5) is 0 Å². The maximum Gasteiger partial charge on any atom is 0.354 e. The van der Waals surface area contributed by atoms with Crippen molar-refractivity contribution in [2.24, 2.45) is 0 Å². The smallest absolute Gasteiger partial charge is 0.354 e. The average Bonchev–Trinajstić information content (AvgIpc) is 2.48. The zero-order valence-electron chi connectivity index (χ0n) is 10.4. The second kappa shape index (κ2) is 4.97. The van der Waals surface area contributed by atoms with Crippen LogP contribution in [0.5, 0.6) is 11.6 Å². The normalized spacial score (nSPS) is 10.4. The topological polar surface area (TPSA) is 72.3 Å². The third-order valence-corrected chi connectivity index (χ3v) is 2.77. The van der Waals surface area contributed by atoms with Gasteiger partial charge in [-0.1, -0.05) is 18.2 Å². The van der Waals surface area contributed by atoms with Gasteiger partial charge in [-0.2, -0.15) is 0 Å². The summed E-state index contributed by atoms with van der Waals surface area (Å²) in [5.74, 6) is -0.326. The second-order valence-corrected chi connectivity index (χ2v) is 4.13. The molecule has 1 aromatic carbocycles. The summed E-state index contributed by atoms with van der Waals surface area (Å²) in [5, 5.41) is 10.6. The van der Waals surface area contributed by atoms with Crippen molar-refractivity contribution >= 4 is 16.7 Å². The van der Waals surface area contributed by atoms with Crippen molar-refractivity contribution in [1.29, 1.82) is 0 Å². The molecule has 2 aromatic heterocycles. The van der Waals surface area contributed by atoms with E-state index in [2.05, 4.69) is 9.97 Å². The Morgan fingerprint density at radius 2 is 2.00 bits per heavy atom. The van der Waals surface area contributed by atoms with Crippen LogP contribution in [0.2, 0.25) is 0 Å². The number of rotatable bonds is 3. The molecule has 2 heterocycles. The number of pyridine rings is 2. The fraction of sp³-hybridized carbons (Fsp3) is 0. The first kappa shape index (κ1) is 12.1. The highest BCUT2D eigenvalue weighted by molar-refractivity contribution is 5.94. The van der Waals surface area contributed by atoms with Crippen molar-refractivity contribution in [2.45, 2.75) is 0 Å². The maximum atomic E-state index is 11.1. The van der Waals surface area contributed by atoms with Gasteiger partial charge in [0.25, 0.3) is 0 Å². The molecule has 0 spiro atoms. The Bertz CT molecular complexity index is 772. The molecule has 3 rings (SSSR count). The van der Waals surface area contributed by atoms with E-state index in [4.69, 9.17) is 9.84 Å². The van der Waals surface area contributed by atoms with Gasteiger partial charge >= 0.3 is 5.97 Å². The molecule has 0 amide bonds. The molecular weight excluding hydrogens is 256 g/mol. The number of hydrogen-bond acceptors (Lipinski definition) is 4. The van der Waals surface area contributed by atoms with E-state index < -0.39 is 5.97 Å². The molecule has 98 valence electrons. The lowest BCUT2D eigenvalue weighted by atomic mass is 10.1. The number of hydrogen-bond donors (Lipinski definition) is 1. The van der Waals surface area contributed by atoms with Crippen LogP contribution in [0.1, 0.15) is 10.5 Å². The van der Waals surface area contributed by atoms with Crippen LogP contribution < -0.4 is 4.74 Å². The second-order valence-electron chi connectivity index (χ2n) is 4.13. The van der Waals surface area contributed by atoms with E-state index in [0.29, 0.717) is 5.75 Å². The van der Waals surface area contributed by atoms with Gasteiger partial charge in [0.2, 0.25) is 5.88 Å². The number of carbonyl (C=O) groups is 1. The first-order valence-electron chi connectivity index (χ1n) is 5.95. The number of aromatic nitrogens is 2. The average molecular weight is 266 g/mol. The largest absolute Gasteiger partial charge is 0.477 e. The molecule has 5 heteroatoms. The summed E-state index contributed by atoms with van der Waals surface area (Å²) in [4.78, 5) is 19.1. The maximum absolute atomic E-state index is 11.1. The molecule has 0 atom stereocenters. The van der Waals surface area contributed by atoms with Gasteiger partial charge in [0.05, 0.1) is 6.20 Å². The zero-order chi connectivity index (χ0) is 13.9. The van der Waals surface area contributed by atoms with Crippen LogP contribution in [0.3, 0.4) is 0 Å². The predicted octanol–water partition coefficient (Wildman–Crippen LogP) is 3.12.